The fourth-order valence-electron chi connectivity index (χ4n) is 2.77. The summed E-state index contributed by atoms with van der Waals surface area (Å²) in [5.74, 6) is 0. The van der Waals surface area contributed by atoms with E-state index in [-0.39, 0.29) is 5.41 Å². The van der Waals surface area contributed by atoms with Crippen molar-refractivity contribution in [2.24, 2.45) is 5.73 Å². The molecule has 1 aliphatic heterocycles. The van der Waals surface area contributed by atoms with Crippen molar-refractivity contribution in [1.29, 1.82) is 0 Å². The Balaban J connectivity index is 2.38. The Morgan fingerprint density at radius 1 is 1.38 bits per heavy atom. The van der Waals surface area contributed by atoms with Crippen molar-refractivity contribution in [3.05, 3.63) is 35.4 Å². The van der Waals surface area contributed by atoms with Gasteiger partial charge >= 0.3 is 0 Å². The lowest BCUT2D eigenvalue weighted by Crippen LogP contribution is -2.30. The summed E-state index contributed by atoms with van der Waals surface area (Å²) in [6.45, 7) is 4.66. The lowest BCUT2D eigenvalue weighted by molar-refractivity contribution is 0.175. The van der Waals surface area contributed by atoms with E-state index in [0.29, 0.717) is 0 Å². The predicted molar refractivity (Wildman–Crippen MR) is 66.6 cm³/mol. The maximum Gasteiger partial charge on any atom is 0.0564 e. The van der Waals surface area contributed by atoms with E-state index < -0.39 is 0 Å². The van der Waals surface area contributed by atoms with Crippen LogP contribution in [0.2, 0.25) is 0 Å². The summed E-state index contributed by atoms with van der Waals surface area (Å²) in [5.41, 5.74) is 8.85. The Labute approximate surface area is 97.8 Å². The number of nitrogens with two attached hydrogens (primary N) is 1. The van der Waals surface area contributed by atoms with Gasteiger partial charge in [-0.15, -0.1) is 0 Å². The molecule has 88 valence electrons. The van der Waals surface area contributed by atoms with Crippen molar-refractivity contribution in [2.75, 3.05) is 19.8 Å². The molecule has 1 heterocycles. The van der Waals surface area contributed by atoms with E-state index in [1.54, 1.807) is 0 Å². The van der Waals surface area contributed by atoms with Crippen molar-refractivity contribution in [1.82, 2.24) is 0 Å². The fraction of sp³-hybridized carbons (Fsp3) is 0.571. The average Bonchev–Trinajstić information content (AvgIpc) is 2.79. The highest BCUT2D eigenvalue weighted by molar-refractivity contribution is 5.35. The number of hydrogen-bond acceptors (Lipinski definition) is 2. The van der Waals surface area contributed by atoms with Crippen LogP contribution in [0.4, 0.5) is 0 Å². The molecule has 0 radical (unpaired) electrons. The molecule has 0 saturated carbocycles. The molecule has 2 nitrogen and oxygen atoms in total. The lowest BCUT2D eigenvalue weighted by atomic mass is 9.74. The van der Waals surface area contributed by atoms with Crippen LogP contribution < -0.4 is 5.73 Å². The quantitative estimate of drug-likeness (QED) is 0.843. The highest BCUT2D eigenvalue weighted by Gasteiger charge is 2.36. The summed E-state index contributed by atoms with van der Waals surface area (Å²) in [6, 6.07) is 8.73. The third-order valence-corrected chi connectivity index (χ3v) is 3.70. The van der Waals surface area contributed by atoms with Crippen LogP contribution in [0, 0.1) is 0 Å². The number of rotatable bonds is 4. The van der Waals surface area contributed by atoms with E-state index in [2.05, 4.69) is 31.2 Å². The van der Waals surface area contributed by atoms with Crippen molar-refractivity contribution in [3.63, 3.8) is 0 Å². The molecule has 0 aromatic heterocycles. The Morgan fingerprint density at radius 3 is 2.81 bits per heavy atom. The van der Waals surface area contributed by atoms with Gasteiger partial charge in [0.2, 0.25) is 0 Å². The van der Waals surface area contributed by atoms with Gasteiger partial charge in [-0.05, 0) is 36.9 Å². The van der Waals surface area contributed by atoms with E-state index in [9.17, 15) is 0 Å². The van der Waals surface area contributed by atoms with Gasteiger partial charge in [-0.25, -0.2) is 0 Å². The zero-order valence-corrected chi connectivity index (χ0v) is 10.0. The minimum absolute atomic E-state index is 0.182. The summed E-state index contributed by atoms with van der Waals surface area (Å²) in [6.07, 6.45) is 3.23. The first-order chi connectivity index (χ1) is 7.82. The van der Waals surface area contributed by atoms with E-state index in [4.69, 9.17) is 10.5 Å². The van der Waals surface area contributed by atoms with Crippen LogP contribution in [0.1, 0.15) is 30.9 Å². The molecule has 0 bridgehead atoms. The second kappa shape index (κ2) is 4.98. The maximum absolute atomic E-state index is 5.77. The summed E-state index contributed by atoms with van der Waals surface area (Å²) < 4.78 is 5.61. The van der Waals surface area contributed by atoms with Gasteiger partial charge in [-0.1, -0.05) is 31.2 Å². The standard InChI is InChI=1S/C14H21NO/c1-2-12-5-3-4-6-13(12)14(7-9-15)8-10-16-11-14/h3-6H,2,7-11,15H2,1H3. The second-order valence-electron chi connectivity index (χ2n) is 4.63. The summed E-state index contributed by atoms with van der Waals surface area (Å²) in [4.78, 5) is 0. The van der Waals surface area contributed by atoms with Crippen LogP contribution in [-0.4, -0.2) is 19.8 Å². The van der Waals surface area contributed by atoms with Crippen molar-refractivity contribution < 1.29 is 4.74 Å². The van der Waals surface area contributed by atoms with Crippen molar-refractivity contribution >= 4 is 0 Å². The van der Waals surface area contributed by atoms with Gasteiger partial charge in [0.25, 0.3) is 0 Å². The number of hydrogen-bond donors (Lipinski definition) is 1. The predicted octanol–water partition coefficient (Wildman–Crippen LogP) is 2.26. The van der Waals surface area contributed by atoms with E-state index in [0.717, 1.165) is 39.0 Å². The molecular weight excluding hydrogens is 198 g/mol. The van der Waals surface area contributed by atoms with Crippen LogP contribution in [0.3, 0.4) is 0 Å². The summed E-state index contributed by atoms with van der Waals surface area (Å²) in [5, 5.41) is 0. The first kappa shape index (κ1) is 11.6. The molecule has 0 spiro atoms. The normalized spacial score (nSPS) is 24.9. The molecule has 16 heavy (non-hydrogen) atoms. The molecule has 0 amide bonds. The van der Waals surface area contributed by atoms with Gasteiger partial charge in [0.1, 0.15) is 0 Å². The minimum Gasteiger partial charge on any atom is -0.380 e. The Kier molecular flexibility index (Phi) is 3.62. The Hall–Kier alpha value is -0.860. The highest BCUT2D eigenvalue weighted by Crippen LogP contribution is 2.38. The van der Waals surface area contributed by atoms with Crippen LogP contribution >= 0.6 is 0 Å². The van der Waals surface area contributed by atoms with Crippen LogP contribution in [0.25, 0.3) is 0 Å². The SMILES string of the molecule is CCc1ccccc1C1(CCN)CCOC1. The van der Waals surface area contributed by atoms with E-state index >= 15 is 0 Å². The largest absolute Gasteiger partial charge is 0.380 e. The highest BCUT2D eigenvalue weighted by atomic mass is 16.5. The van der Waals surface area contributed by atoms with Gasteiger partial charge < -0.3 is 10.5 Å². The molecule has 1 aliphatic rings. The third-order valence-electron chi connectivity index (χ3n) is 3.70. The zero-order valence-electron chi connectivity index (χ0n) is 10.0. The lowest BCUT2D eigenvalue weighted by Gasteiger charge is -2.29. The monoisotopic (exact) mass is 219 g/mol. The van der Waals surface area contributed by atoms with Crippen LogP contribution in [-0.2, 0) is 16.6 Å². The Morgan fingerprint density at radius 2 is 2.19 bits per heavy atom. The molecule has 1 saturated heterocycles. The second-order valence-corrected chi connectivity index (χ2v) is 4.63. The molecule has 2 rings (SSSR count). The van der Waals surface area contributed by atoms with Gasteiger partial charge in [0.15, 0.2) is 0 Å². The van der Waals surface area contributed by atoms with Crippen LogP contribution in [0.15, 0.2) is 24.3 Å². The molecule has 1 fully saturated rings. The first-order valence-electron chi connectivity index (χ1n) is 6.18. The van der Waals surface area contributed by atoms with Crippen LogP contribution in [0.5, 0.6) is 0 Å². The molecule has 0 aliphatic carbocycles. The topological polar surface area (TPSA) is 35.2 Å². The number of aryl methyl sites for hydroxylation is 1. The molecule has 2 N–H and O–H groups in total. The Bertz CT molecular complexity index is 342. The van der Waals surface area contributed by atoms with E-state index in [1.165, 1.54) is 11.1 Å². The molecule has 1 aromatic rings. The van der Waals surface area contributed by atoms with Crippen molar-refractivity contribution in [3.8, 4) is 0 Å². The van der Waals surface area contributed by atoms with Gasteiger partial charge in [-0.3, -0.25) is 0 Å². The fourth-order valence-corrected chi connectivity index (χ4v) is 2.77. The third kappa shape index (κ3) is 2.00. The molecule has 2 heteroatoms. The summed E-state index contributed by atoms with van der Waals surface area (Å²) >= 11 is 0. The first-order valence-corrected chi connectivity index (χ1v) is 6.18. The smallest absolute Gasteiger partial charge is 0.0564 e. The molecule has 1 unspecified atom stereocenters. The number of benzene rings is 1. The van der Waals surface area contributed by atoms with E-state index in [1.807, 2.05) is 0 Å². The minimum atomic E-state index is 0.182. The maximum atomic E-state index is 5.77. The molecule has 1 atom stereocenters. The zero-order chi connectivity index (χ0) is 11.4. The molecule has 1 aromatic carbocycles. The molecular formula is C14H21NO. The average molecular weight is 219 g/mol. The number of ether oxygens (including phenoxy) is 1. The van der Waals surface area contributed by atoms with Crippen molar-refractivity contribution in [2.45, 2.75) is 31.6 Å². The summed E-state index contributed by atoms with van der Waals surface area (Å²) in [7, 11) is 0. The van der Waals surface area contributed by atoms with Gasteiger partial charge in [0, 0.05) is 12.0 Å². The van der Waals surface area contributed by atoms with Gasteiger partial charge in [-0.2, -0.15) is 0 Å². The van der Waals surface area contributed by atoms with Gasteiger partial charge in [0.05, 0.1) is 6.61 Å².